The summed E-state index contributed by atoms with van der Waals surface area (Å²) >= 11 is 0. The van der Waals surface area contributed by atoms with Crippen LogP contribution in [0.5, 0.6) is 5.75 Å². The van der Waals surface area contributed by atoms with E-state index < -0.39 is 0 Å². The topological polar surface area (TPSA) is 62.9 Å². The molecule has 92 valence electrons. The van der Waals surface area contributed by atoms with Crippen molar-refractivity contribution in [2.45, 2.75) is 13.5 Å². The Morgan fingerprint density at radius 3 is 2.89 bits per heavy atom. The lowest BCUT2D eigenvalue weighted by atomic mass is 10.2. The molecular formula is C13H14N4O. The molecule has 0 bridgehead atoms. The van der Waals surface area contributed by atoms with Crippen LogP contribution in [0.3, 0.4) is 0 Å². The maximum Gasteiger partial charge on any atom is 0.152 e. The predicted octanol–water partition coefficient (Wildman–Crippen LogP) is 2.53. The first kappa shape index (κ1) is 12.0. The smallest absolute Gasteiger partial charge is 0.152 e. The van der Waals surface area contributed by atoms with Crippen LogP contribution in [0.2, 0.25) is 0 Å². The largest absolute Gasteiger partial charge is 0.497 e. The molecule has 5 heteroatoms. The van der Waals surface area contributed by atoms with Gasteiger partial charge in [0.25, 0.3) is 0 Å². The molecular weight excluding hydrogens is 228 g/mol. The van der Waals surface area contributed by atoms with Gasteiger partial charge in [-0.1, -0.05) is 0 Å². The molecule has 2 rings (SSSR count). The lowest BCUT2D eigenvalue weighted by Crippen LogP contribution is -1.98. The van der Waals surface area contributed by atoms with Crippen molar-refractivity contribution >= 4 is 11.5 Å². The quantitative estimate of drug-likeness (QED) is 0.894. The minimum absolute atomic E-state index is 0.557. The predicted molar refractivity (Wildman–Crippen MR) is 68.9 cm³/mol. The third kappa shape index (κ3) is 2.43. The molecule has 2 aromatic rings. The summed E-state index contributed by atoms with van der Waals surface area (Å²) in [5.41, 5.74) is 1.25. The van der Waals surface area contributed by atoms with Gasteiger partial charge >= 0.3 is 0 Å². The molecule has 0 unspecified atom stereocenters. The van der Waals surface area contributed by atoms with Crippen LogP contribution < -0.4 is 10.1 Å². The van der Waals surface area contributed by atoms with Crippen LogP contribution in [0.25, 0.3) is 0 Å². The number of nitriles is 1. The molecule has 0 aliphatic carbocycles. The third-order valence-electron chi connectivity index (χ3n) is 2.57. The molecule has 0 aliphatic rings. The van der Waals surface area contributed by atoms with Gasteiger partial charge in [-0.2, -0.15) is 10.4 Å². The van der Waals surface area contributed by atoms with E-state index in [0.29, 0.717) is 22.8 Å². The van der Waals surface area contributed by atoms with Gasteiger partial charge in [0.2, 0.25) is 0 Å². The van der Waals surface area contributed by atoms with Gasteiger partial charge in [0, 0.05) is 24.9 Å². The van der Waals surface area contributed by atoms with Gasteiger partial charge < -0.3 is 10.1 Å². The molecule has 18 heavy (non-hydrogen) atoms. The fraction of sp³-hybridized carbons (Fsp3) is 0.231. The Bertz CT molecular complexity index is 583. The first-order chi connectivity index (χ1) is 8.76. The van der Waals surface area contributed by atoms with Crippen molar-refractivity contribution in [2.24, 2.45) is 0 Å². The summed E-state index contributed by atoms with van der Waals surface area (Å²) in [7, 11) is 1.59. The van der Waals surface area contributed by atoms with E-state index in [-0.39, 0.29) is 0 Å². The molecule has 1 N–H and O–H groups in total. The number of nitrogens with one attached hydrogen (secondary N) is 1. The van der Waals surface area contributed by atoms with Gasteiger partial charge in [-0.3, -0.25) is 4.68 Å². The van der Waals surface area contributed by atoms with Gasteiger partial charge in [0.05, 0.1) is 18.4 Å². The Morgan fingerprint density at radius 2 is 2.28 bits per heavy atom. The van der Waals surface area contributed by atoms with Gasteiger partial charge in [-0.25, -0.2) is 0 Å². The zero-order valence-electron chi connectivity index (χ0n) is 10.3. The Kier molecular flexibility index (Phi) is 3.49. The summed E-state index contributed by atoms with van der Waals surface area (Å²) in [6.07, 6.45) is 1.88. The molecule has 0 aliphatic heterocycles. The van der Waals surface area contributed by atoms with Gasteiger partial charge in [0.15, 0.2) is 5.82 Å². The monoisotopic (exact) mass is 242 g/mol. The SMILES string of the molecule is CCn1ccc(Nc2cc(OC)ccc2C#N)n1. The molecule has 0 saturated heterocycles. The normalized spacial score (nSPS) is 9.83. The molecule has 0 radical (unpaired) electrons. The van der Waals surface area contributed by atoms with Crippen LogP contribution in [0.4, 0.5) is 11.5 Å². The number of benzene rings is 1. The molecule has 0 amide bonds. The minimum Gasteiger partial charge on any atom is -0.497 e. The summed E-state index contributed by atoms with van der Waals surface area (Å²) in [6.45, 7) is 2.83. The Balaban J connectivity index is 2.29. The van der Waals surface area contributed by atoms with E-state index in [9.17, 15) is 0 Å². The van der Waals surface area contributed by atoms with E-state index in [1.54, 1.807) is 25.3 Å². The van der Waals surface area contributed by atoms with Crippen LogP contribution in [-0.4, -0.2) is 16.9 Å². The van der Waals surface area contributed by atoms with Crippen molar-refractivity contribution < 1.29 is 4.74 Å². The summed E-state index contributed by atoms with van der Waals surface area (Å²) in [4.78, 5) is 0. The summed E-state index contributed by atoms with van der Waals surface area (Å²) in [5.74, 6) is 1.41. The second kappa shape index (κ2) is 5.23. The maximum absolute atomic E-state index is 9.05. The van der Waals surface area contributed by atoms with Crippen LogP contribution >= 0.6 is 0 Å². The van der Waals surface area contributed by atoms with E-state index in [4.69, 9.17) is 10.00 Å². The minimum atomic E-state index is 0.557. The van der Waals surface area contributed by atoms with Crippen molar-refractivity contribution in [3.63, 3.8) is 0 Å². The van der Waals surface area contributed by atoms with Crippen molar-refractivity contribution in [1.29, 1.82) is 5.26 Å². The van der Waals surface area contributed by atoms with Gasteiger partial charge in [-0.15, -0.1) is 0 Å². The molecule has 1 aromatic carbocycles. The second-order valence-electron chi connectivity index (χ2n) is 3.70. The standard InChI is InChI=1S/C13H14N4O/c1-3-17-7-6-13(16-17)15-12-8-11(18-2)5-4-10(12)9-14/h4-8H,3H2,1-2H3,(H,15,16). The van der Waals surface area contributed by atoms with E-state index in [1.807, 2.05) is 23.9 Å². The van der Waals surface area contributed by atoms with Crippen LogP contribution in [0, 0.1) is 11.3 Å². The van der Waals surface area contributed by atoms with Crippen LogP contribution in [-0.2, 0) is 6.54 Å². The lowest BCUT2D eigenvalue weighted by Gasteiger charge is -2.07. The highest BCUT2D eigenvalue weighted by molar-refractivity contribution is 5.66. The van der Waals surface area contributed by atoms with E-state index in [0.717, 1.165) is 6.54 Å². The van der Waals surface area contributed by atoms with Gasteiger partial charge in [0.1, 0.15) is 11.8 Å². The number of rotatable bonds is 4. The Hall–Kier alpha value is -2.48. The van der Waals surface area contributed by atoms with Crippen molar-refractivity contribution in [2.75, 3.05) is 12.4 Å². The highest BCUT2D eigenvalue weighted by Gasteiger charge is 2.06. The summed E-state index contributed by atoms with van der Waals surface area (Å²) < 4.78 is 6.96. The molecule has 5 nitrogen and oxygen atoms in total. The second-order valence-corrected chi connectivity index (χ2v) is 3.70. The average molecular weight is 242 g/mol. The zero-order valence-corrected chi connectivity index (χ0v) is 10.3. The number of methoxy groups -OCH3 is 1. The number of hydrogen-bond acceptors (Lipinski definition) is 4. The van der Waals surface area contributed by atoms with Crippen LogP contribution in [0.1, 0.15) is 12.5 Å². The van der Waals surface area contributed by atoms with Crippen molar-refractivity contribution in [3.05, 3.63) is 36.0 Å². The number of aromatic nitrogens is 2. The summed E-state index contributed by atoms with van der Waals surface area (Å²) in [6, 6.07) is 9.26. The van der Waals surface area contributed by atoms with Crippen LogP contribution in [0.15, 0.2) is 30.5 Å². The first-order valence-corrected chi connectivity index (χ1v) is 5.65. The van der Waals surface area contributed by atoms with Crippen molar-refractivity contribution in [3.8, 4) is 11.8 Å². The maximum atomic E-state index is 9.05. The molecule has 0 fully saturated rings. The first-order valence-electron chi connectivity index (χ1n) is 5.65. The van der Waals surface area contributed by atoms with E-state index in [1.165, 1.54) is 0 Å². The molecule has 1 heterocycles. The molecule has 0 spiro atoms. The number of ether oxygens (including phenoxy) is 1. The highest BCUT2D eigenvalue weighted by atomic mass is 16.5. The number of aryl methyl sites for hydroxylation is 1. The molecule has 0 atom stereocenters. The van der Waals surface area contributed by atoms with Crippen molar-refractivity contribution in [1.82, 2.24) is 9.78 Å². The zero-order chi connectivity index (χ0) is 13.0. The lowest BCUT2D eigenvalue weighted by molar-refractivity contribution is 0.415. The number of hydrogen-bond donors (Lipinski definition) is 1. The number of anilines is 2. The third-order valence-corrected chi connectivity index (χ3v) is 2.57. The summed E-state index contributed by atoms with van der Waals surface area (Å²) in [5, 5.41) is 16.5. The highest BCUT2D eigenvalue weighted by Crippen LogP contribution is 2.24. The van der Waals surface area contributed by atoms with Gasteiger partial charge in [-0.05, 0) is 19.1 Å². The number of nitrogens with zero attached hydrogens (tertiary/aromatic N) is 3. The molecule has 0 saturated carbocycles. The fourth-order valence-electron chi connectivity index (χ4n) is 1.59. The molecule has 1 aromatic heterocycles. The Morgan fingerprint density at radius 1 is 1.44 bits per heavy atom. The van der Waals surface area contributed by atoms with E-state index in [2.05, 4.69) is 16.5 Å². The average Bonchev–Trinajstić information content (AvgIpc) is 2.86. The van der Waals surface area contributed by atoms with E-state index >= 15 is 0 Å². The fourth-order valence-corrected chi connectivity index (χ4v) is 1.59. The Labute approximate surface area is 106 Å².